The zero-order chi connectivity index (χ0) is 11.1. The first-order valence-corrected chi connectivity index (χ1v) is 5.33. The zero-order valence-electron chi connectivity index (χ0n) is 8.32. The number of amides is 1. The second kappa shape index (κ2) is 6.43. The minimum atomic E-state index is -0.662. The molecule has 0 fully saturated rings. The van der Waals surface area contributed by atoms with Crippen molar-refractivity contribution in [1.29, 1.82) is 0 Å². The summed E-state index contributed by atoms with van der Waals surface area (Å²) in [7, 11) is 0. The Morgan fingerprint density at radius 1 is 1.40 bits per heavy atom. The molecule has 1 unspecified atom stereocenters. The lowest BCUT2D eigenvalue weighted by Crippen LogP contribution is -2.28. The normalized spacial score (nSPS) is 12.1. The molecule has 0 aliphatic rings. The average Bonchev–Trinajstić information content (AvgIpc) is 2.27. The minimum Gasteiger partial charge on any atom is -0.387 e. The summed E-state index contributed by atoms with van der Waals surface area (Å²) in [4.78, 5) is 11.1. The molecule has 0 spiro atoms. The molecular weight excluding hydrogens is 214 g/mol. The molecule has 1 rings (SSSR count). The summed E-state index contributed by atoms with van der Waals surface area (Å²) in [6.45, 7) is 0.222. The van der Waals surface area contributed by atoms with E-state index in [4.69, 9.17) is 11.6 Å². The number of carbonyl (C=O) groups is 1. The van der Waals surface area contributed by atoms with Gasteiger partial charge in [0.2, 0.25) is 5.91 Å². The number of hydrogen-bond donors (Lipinski definition) is 2. The first kappa shape index (κ1) is 12.0. The summed E-state index contributed by atoms with van der Waals surface area (Å²) < 4.78 is 0. The Morgan fingerprint density at radius 3 is 2.67 bits per heavy atom. The number of hydrogen-bond acceptors (Lipinski definition) is 2. The number of aliphatic hydroxyl groups is 1. The van der Waals surface area contributed by atoms with Gasteiger partial charge in [-0.15, -0.1) is 11.6 Å². The van der Waals surface area contributed by atoms with Crippen molar-refractivity contribution in [3.8, 4) is 0 Å². The molecule has 15 heavy (non-hydrogen) atoms. The van der Waals surface area contributed by atoms with Crippen molar-refractivity contribution < 1.29 is 9.90 Å². The van der Waals surface area contributed by atoms with Gasteiger partial charge in [0.1, 0.15) is 0 Å². The second-order valence-electron chi connectivity index (χ2n) is 3.17. The van der Waals surface area contributed by atoms with Crippen molar-refractivity contribution in [3.63, 3.8) is 0 Å². The van der Waals surface area contributed by atoms with Crippen LogP contribution in [0.4, 0.5) is 0 Å². The quantitative estimate of drug-likeness (QED) is 0.749. The van der Waals surface area contributed by atoms with Crippen LogP contribution in [0.3, 0.4) is 0 Å². The van der Waals surface area contributed by atoms with Crippen LogP contribution in [0.5, 0.6) is 0 Å². The van der Waals surface area contributed by atoms with Crippen LogP contribution in [-0.4, -0.2) is 23.4 Å². The molecule has 1 aromatic carbocycles. The number of nitrogens with one attached hydrogen (secondary N) is 1. The summed E-state index contributed by atoms with van der Waals surface area (Å²) in [5.41, 5.74) is 0.795. The molecule has 0 saturated heterocycles. The average molecular weight is 228 g/mol. The Hall–Kier alpha value is -1.06. The lowest BCUT2D eigenvalue weighted by molar-refractivity contribution is -0.121. The predicted molar refractivity (Wildman–Crippen MR) is 59.7 cm³/mol. The van der Waals surface area contributed by atoms with Crippen LogP contribution in [0.25, 0.3) is 0 Å². The van der Waals surface area contributed by atoms with Gasteiger partial charge in [0.25, 0.3) is 0 Å². The Labute approximate surface area is 94.1 Å². The summed E-state index contributed by atoms with van der Waals surface area (Å²) in [5.74, 6) is 0.160. The van der Waals surface area contributed by atoms with Crippen LogP contribution in [-0.2, 0) is 4.79 Å². The van der Waals surface area contributed by atoms with Crippen molar-refractivity contribution in [1.82, 2.24) is 5.32 Å². The Kier molecular flexibility index (Phi) is 5.15. The molecule has 0 radical (unpaired) electrons. The fourth-order valence-corrected chi connectivity index (χ4v) is 1.35. The maximum atomic E-state index is 11.1. The molecule has 1 atom stereocenters. The van der Waals surface area contributed by atoms with Crippen molar-refractivity contribution >= 4 is 17.5 Å². The first-order valence-electron chi connectivity index (χ1n) is 4.79. The van der Waals surface area contributed by atoms with Crippen LogP contribution in [0.1, 0.15) is 18.1 Å². The van der Waals surface area contributed by atoms with Crippen LogP contribution in [0, 0.1) is 0 Å². The molecule has 0 aromatic heterocycles. The Morgan fingerprint density at radius 2 is 2.07 bits per heavy atom. The van der Waals surface area contributed by atoms with E-state index in [1.54, 1.807) is 0 Å². The van der Waals surface area contributed by atoms with Crippen molar-refractivity contribution in [2.45, 2.75) is 12.5 Å². The van der Waals surface area contributed by atoms with Gasteiger partial charge < -0.3 is 10.4 Å². The third-order valence-electron chi connectivity index (χ3n) is 2.00. The van der Waals surface area contributed by atoms with Gasteiger partial charge in [0.05, 0.1) is 6.10 Å². The second-order valence-corrected chi connectivity index (χ2v) is 3.55. The number of halogens is 1. The van der Waals surface area contributed by atoms with Gasteiger partial charge in [-0.2, -0.15) is 0 Å². The van der Waals surface area contributed by atoms with Crippen LogP contribution >= 0.6 is 11.6 Å². The van der Waals surface area contributed by atoms with Crippen LogP contribution in [0.2, 0.25) is 0 Å². The fourth-order valence-electron chi connectivity index (χ4n) is 1.18. The number of aliphatic hydroxyl groups excluding tert-OH is 1. The van der Waals surface area contributed by atoms with Gasteiger partial charge in [0.15, 0.2) is 0 Å². The smallest absolute Gasteiger partial charge is 0.221 e. The first-order chi connectivity index (χ1) is 7.24. The highest BCUT2D eigenvalue weighted by Gasteiger charge is 2.08. The Bertz CT molecular complexity index is 303. The molecule has 4 heteroatoms. The molecule has 0 aliphatic heterocycles. The van der Waals surface area contributed by atoms with Crippen molar-refractivity contribution in [2.75, 3.05) is 12.4 Å². The zero-order valence-corrected chi connectivity index (χ0v) is 9.07. The summed E-state index contributed by atoms with van der Waals surface area (Å²) in [6.07, 6.45) is -0.381. The van der Waals surface area contributed by atoms with E-state index in [1.807, 2.05) is 30.3 Å². The Balaban J connectivity index is 2.37. The lowest BCUT2D eigenvalue weighted by atomic mass is 10.1. The standard InChI is InChI=1S/C11H14ClNO2/c12-7-6-11(15)13-8-10(14)9-4-2-1-3-5-9/h1-5,10,14H,6-8H2,(H,13,15). The highest BCUT2D eigenvalue weighted by molar-refractivity contribution is 6.18. The minimum absolute atomic E-state index is 0.139. The number of carbonyl (C=O) groups excluding carboxylic acids is 1. The molecule has 1 amide bonds. The largest absolute Gasteiger partial charge is 0.387 e. The summed E-state index contributed by atoms with van der Waals surface area (Å²) in [6, 6.07) is 9.21. The molecule has 0 heterocycles. The maximum Gasteiger partial charge on any atom is 0.221 e. The van der Waals surface area contributed by atoms with Crippen molar-refractivity contribution in [2.24, 2.45) is 0 Å². The van der Waals surface area contributed by atoms with E-state index in [-0.39, 0.29) is 18.9 Å². The predicted octanol–water partition coefficient (Wildman–Crippen LogP) is 1.47. The monoisotopic (exact) mass is 227 g/mol. The summed E-state index contributed by atoms with van der Waals surface area (Å²) >= 11 is 5.41. The molecule has 0 bridgehead atoms. The molecule has 0 saturated carbocycles. The van der Waals surface area contributed by atoms with E-state index in [0.29, 0.717) is 5.88 Å². The van der Waals surface area contributed by atoms with E-state index in [2.05, 4.69) is 5.32 Å². The molecule has 82 valence electrons. The number of alkyl halides is 1. The highest BCUT2D eigenvalue weighted by Crippen LogP contribution is 2.10. The SMILES string of the molecule is O=C(CCCl)NCC(O)c1ccccc1. The van der Waals surface area contributed by atoms with Crippen LogP contribution < -0.4 is 5.32 Å². The number of benzene rings is 1. The van der Waals surface area contributed by atoms with Gasteiger partial charge in [-0.05, 0) is 5.56 Å². The van der Waals surface area contributed by atoms with E-state index >= 15 is 0 Å². The molecule has 3 nitrogen and oxygen atoms in total. The van der Waals surface area contributed by atoms with E-state index in [1.165, 1.54) is 0 Å². The van der Waals surface area contributed by atoms with E-state index in [0.717, 1.165) is 5.56 Å². The third kappa shape index (κ3) is 4.32. The van der Waals surface area contributed by atoms with Crippen LogP contribution in [0.15, 0.2) is 30.3 Å². The number of rotatable bonds is 5. The molecule has 2 N–H and O–H groups in total. The fraction of sp³-hybridized carbons (Fsp3) is 0.364. The van der Waals surface area contributed by atoms with Gasteiger partial charge >= 0.3 is 0 Å². The summed E-state index contributed by atoms with van der Waals surface area (Å²) in [5, 5.41) is 12.3. The topological polar surface area (TPSA) is 49.3 Å². The van der Waals surface area contributed by atoms with E-state index < -0.39 is 6.10 Å². The van der Waals surface area contributed by atoms with E-state index in [9.17, 15) is 9.90 Å². The third-order valence-corrected chi connectivity index (χ3v) is 2.19. The molecule has 0 aliphatic carbocycles. The van der Waals surface area contributed by atoms with Crippen molar-refractivity contribution in [3.05, 3.63) is 35.9 Å². The molecular formula is C11H14ClNO2. The lowest BCUT2D eigenvalue weighted by Gasteiger charge is -2.11. The van der Waals surface area contributed by atoms with Gasteiger partial charge in [-0.3, -0.25) is 4.79 Å². The maximum absolute atomic E-state index is 11.1. The molecule has 1 aromatic rings. The van der Waals surface area contributed by atoms with Gasteiger partial charge in [-0.1, -0.05) is 30.3 Å². The van der Waals surface area contributed by atoms with Gasteiger partial charge in [-0.25, -0.2) is 0 Å². The highest BCUT2D eigenvalue weighted by atomic mass is 35.5. The van der Waals surface area contributed by atoms with Gasteiger partial charge in [0, 0.05) is 18.8 Å².